The number of aryl methyl sites for hydroxylation is 1. The van der Waals surface area contributed by atoms with E-state index < -0.39 is 11.7 Å². The second-order valence-electron chi connectivity index (χ2n) is 3.22. The summed E-state index contributed by atoms with van der Waals surface area (Å²) in [5.74, 6) is 0. The number of aliphatic hydroxyl groups is 1. The lowest BCUT2D eigenvalue weighted by Gasteiger charge is -2.08. The number of benzene rings is 1. The molecule has 0 aliphatic carbocycles. The van der Waals surface area contributed by atoms with E-state index in [1.807, 2.05) is 0 Å². The van der Waals surface area contributed by atoms with Crippen LogP contribution in [0.15, 0.2) is 24.3 Å². The van der Waals surface area contributed by atoms with Crippen LogP contribution in [-0.2, 0) is 6.18 Å². The van der Waals surface area contributed by atoms with Crippen LogP contribution in [0.1, 0.15) is 16.7 Å². The molecule has 1 N–H and O–H groups in total. The smallest absolute Gasteiger partial charge is 0.392 e. The zero-order chi connectivity index (χ0) is 11.5. The van der Waals surface area contributed by atoms with Gasteiger partial charge in [-0.2, -0.15) is 13.2 Å². The maximum absolute atomic E-state index is 12.4. The highest BCUT2D eigenvalue weighted by atomic mass is 19.4. The zero-order valence-electron chi connectivity index (χ0n) is 8.17. The predicted molar refractivity (Wildman–Crippen MR) is 52.3 cm³/mol. The zero-order valence-corrected chi connectivity index (χ0v) is 8.17. The molecular formula is C11H11F3O. The number of aliphatic hydroxyl groups excluding tert-OH is 1. The van der Waals surface area contributed by atoms with Crippen LogP contribution >= 0.6 is 0 Å². The van der Waals surface area contributed by atoms with Gasteiger partial charge in [0, 0.05) is 0 Å². The van der Waals surface area contributed by atoms with Crippen LogP contribution in [0.3, 0.4) is 0 Å². The Morgan fingerprint density at radius 3 is 2.47 bits per heavy atom. The minimum Gasteiger partial charge on any atom is -0.392 e. The molecule has 0 bridgehead atoms. The first kappa shape index (κ1) is 11.8. The molecule has 0 aliphatic heterocycles. The van der Waals surface area contributed by atoms with Crippen molar-refractivity contribution < 1.29 is 18.3 Å². The molecule has 0 saturated carbocycles. The van der Waals surface area contributed by atoms with Gasteiger partial charge in [-0.1, -0.05) is 18.2 Å². The average molecular weight is 216 g/mol. The third-order valence-corrected chi connectivity index (χ3v) is 1.84. The molecule has 0 saturated heterocycles. The lowest BCUT2D eigenvalue weighted by molar-refractivity contribution is -0.137. The predicted octanol–water partition coefficient (Wildman–Crippen LogP) is 3.02. The molecule has 1 rings (SSSR count). The summed E-state index contributed by atoms with van der Waals surface area (Å²) in [7, 11) is 0. The Labute approximate surface area is 85.9 Å². The fourth-order valence-corrected chi connectivity index (χ4v) is 1.26. The second-order valence-corrected chi connectivity index (χ2v) is 3.22. The van der Waals surface area contributed by atoms with Crippen molar-refractivity contribution in [3.05, 3.63) is 41.0 Å². The summed E-state index contributed by atoms with van der Waals surface area (Å²) < 4.78 is 37.2. The van der Waals surface area contributed by atoms with E-state index in [0.717, 1.165) is 12.1 Å². The maximum atomic E-state index is 12.4. The Kier molecular flexibility index (Phi) is 3.52. The Morgan fingerprint density at radius 2 is 1.93 bits per heavy atom. The monoisotopic (exact) mass is 216 g/mol. The van der Waals surface area contributed by atoms with E-state index in [1.165, 1.54) is 12.2 Å². The van der Waals surface area contributed by atoms with E-state index in [2.05, 4.69) is 0 Å². The minimum absolute atomic E-state index is 0.185. The van der Waals surface area contributed by atoms with E-state index in [-0.39, 0.29) is 6.61 Å². The molecular weight excluding hydrogens is 205 g/mol. The largest absolute Gasteiger partial charge is 0.416 e. The van der Waals surface area contributed by atoms with Crippen molar-refractivity contribution in [2.45, 2.75) is 13.1 Å². The first-order valence-corrected chi connectivity index (χ1v) is 4.40. The molecule has 1 nitrogen and oxygen atoms in total. The Balaban J connectivity index is 3.11. The summed E-state index contributed by atoms with van der Waals surface area (Å²) in [6.07, 6.45) is -1.47. The molecule has 0 fully saturated rings. The van der Waals surface area contributed by atoms with E-state index in [4.69, 9.17) is 5.11 Å². The van der Waals surface area contributed by atoms with Gasteiger partial charge in [-0.05, 0) is 30.2 Å². The molecule has 0 aliphatic rings. The van der Waals surface area contributed by atoms with Crippen molar-refractivity contribution in [2.24, 2.45) is 0 Å². The Morgan fingerprint density at radius 1 is 1.27 bits per heavy atom. The summed E-state index contributed by atoms with van der Waals surface area (Å²) in [4.78, 5) is 0. The molecule has 0 unspecified atom stereocenters. The van der Waals surface area contributed by atoms with Gasteiger partial charge in [0.25, 0.3) is 0 Å². The van der Waals surface area contributed by atoms with E-state index in [1.54, 1.807) is 13.0 Å². The number of hydrogen-bond donors (Lipinski definition) is 1. The summed E-state index contributed by atoms with van der Waals surface area (Å²) in [6, 6.07) is 3.77. The van der Waals surface area contributed by atoms with Gasteiger partial charge < -0.3 is 5.11 Å². The SMILES string of the molecule is Cc1cc(C=CCO)cc(C(F)(F)F)c1. The summed E-state index contributed by atoms with van der Waals surface area (Å²) in [6.45, 7) is 1.42. The summed E-state index contributed by atoms with van der Waals surface area (Å²) in [5, 5.41) is 8.52. The van der Waals surface area contributed by atoms with Crippen LogP contribution < -0.4 is 0 Å². The van der Waals surface area contributed by atoms with E-state index >= 15 is 0 Å². The molecule has 0 atom stereocenters. The highest BCUT2D eigenvalue weighted by molar-refractivity contribution is 5.52. The highest BCUT2D eigenvalue weighted by Gasteiger charge is 2.30. The van der Waals surface area contributed by atoms with Gasteiger partial charge in [0.15, 0.2) is 0 Å². The Bertz CT molecular complexity index is 367. The highest BCUT2D eigenvalue weighted by Crippen LogP contribution is 2.30. The van der Waals surface area contributed by atoms with E-state index in [9.17, 15) is 13.2 Å². The topological polar surface area (TPSA) is 20.2 Å². The van der Waals surface area contributed by atoms with Crippen LogP contribution in [-0.4, -0.2) is 11.7 Å². The van der Waals surface area contributed by atoms with Crippen molar-refractivity contribution in [2.75, 3.05) is 6.61 Å². The van der Waals surface area contributed by atoms with Crippen LogP contribution in [0, 0.1) is 6.92 Å². The van der Waals surface area contributed by atoms with E-state index in [0.29, 0.717) is 11.1 Å². The first-order valence-electron chi connectivity index (χ1n) is 4.40. The molecule has 0 radical (unpaired) electrons. The number of halogens is 3. The number of hydrogen-bond acceptors (Lipinski definition) is 1. The van der Waals surface area contributed by atoms with Crippen molar-refractivity contribution in [1.82, 2.24) is 0 Å². The third-order valence-electron chi connectivity index (χ3n) is 1.84. The third kappa shape index (κ3) is 3.40. The van der Waals surface area contributed by atoms with Gasteiger partial charge in [-0.25, -0.2) is 0 Å². The molecule has 82 valence electrons. The van der Waals surface area contributed by atoms with Gasteiger partial charge in [0.2, 0.25) is 0 Å². The fraction of sp³-hybridized carbons (Fsp3) is 0.273. The second kappa shape index (κ2) is 4.49. The lowest BCUT2D eigenvalue weighted by atomic mass is 10.1. The van der Waals surface area contributed by atoms with Crippen LogP contribution in [0.25, 0.3) is 6.08 Å². The normalized spacial score (nSPS) is 12.3. The number of rotatable bonds is 2. The van der Waals surface area contributed by atoms with Gasteiger partial charge in [-0.3, -0.25) is 0 Å². The van der Waals surface area contributed by atoms with Crippen molar-refractivity contribution in [3.63, 3.8) is 0 Å². The molecule has 0 spiro atoms. The van der Waals surface area contributed by atoms with Gasteiger partial charge in [-0.15, -0.1) is 0 Å². The molecule has 1 aromatic carbocycles. The van der Waals surface area contributed by atoms with Crippen molar-refractivity contribution in [3.8, 4) is 0 Å². The molecule has 4 heteroatoms. The molecule has 1 aromatic rings. The summed E-state index contributed by atoms with van der Waals surface area (Å²) >= 11 is 0. The molecule has 0 aromatic heterocycles. The first-order chi connectivity index (χ1) is 6.93. The van der Waals surface area contributed by atoms with Crippen LogP contribution in [0.5, 0.6) is 0 Å². The standard InChI is InChI=1S/C11H11F3O/c1-8-5-9(3-2-4-15)7-10(6-8)11(12,13)14/h2-3,5-7,15H,4H2,1H3. The average Bonchev–Trinajstić information content (AvgIpc) is 2.12. The van der Waals surface area contributed by atoms with Gasteiger partial charge >= 0.3 is 6.18 Å². The maximum Gasteiger partial charge on any atom is 0.416 e. The minimum atomic E-state index is -4.33. The fourth-order valence-electron chi connectivity index (χ4n) is 1.26. The Hall–Kier alpha value is -1.29. The quantitative estimate of drug-likeness (QED) is 0.805. The van der Waals surface area contributed by atoms with Crippen LogP contribution in [0.4, 0.5) is 13.2 Å². The number of alkyl halides is 3. The van der Waals surface area contributed by atoms with Crippen molar-refractivity contribution >= 4 is 6.08 Å². The molecule has 0 amide bonds. The molecule has 0 heterocycles. The van der Waals surface area contributed by atoms with Crippen LogP contribution in [0.2, 0.25) is 0 Å². The van der Waals surface area contributed by atoms with Gasteiger partial charge in [0.05, 0.1) is 12.2 Å². The molecule has 15 heavy (non-hydrogen) atoms. The van der Waals surface area contributed by atoms with Crippen molar-refractivity contribution in [1.29, 1.82) is 0 Å². The lowest BCUT2D eigenvalue weighted by Crippen LogP contribution is -2.05. The van der Waals surface area contributed by atoms with Gasteiger partial charge in [0.1, 0.15) is 0 Å². The summed E-state index contributed by atoms with van der Waals surface area (Å²) in [5.41, 5.74) is 0.318.